The Morgan fingerprint density at radius 1 is 0.950 bits per heavy atom. The predicted octanol–water partition coefficient (Wildman–Crippen LogP) is 3.76. The maximum absolute atomic E-state index is 12.3. The monoisotopic (exact) mass is 267 g/mol. The summed E-state index contributed by atoms with van der Waals surface area (Å²) in [5, 5.41) is 2.82. The molecule has 0 fully saturated rings. The Kier molecular flexibility index (Phi) is 3.99. The van der Waals surface area contributed by atoms with Crippen LogP contribution in [0, 0.1) is 13.8 Å². The second-order valence-corrected chi connectivity index (χ2v) is 4.87. The lowest BCUT2D eigenvalue weighted by Gasteiger charge is -2.11. The van der Waals surface area contributed by atoms with E-state index in [4.69, 9.17) is 0 Å². The number of anilines is 1. The van der Waals surface area contributed by atoms with Crippen LogP contribution in [-0.2, 0) is 0 Å². The van der Waals surface area contributed by atoms with Crippen molar-refractivity contribution in [2.45, 2.75) is 20.8 Å². The zero-order valence-corrected chi connectivity index (χ0v) is 11.9. The highest BCUT2D eigenvalue weighted by Gasteiger charge is 2.13. The quantitative estimate of drug-likeness (QED) is 0.861. The van der Waals surface area contributed by atoms with Gasteiger partial charge in [0.1, 0.15) is 0 Å². The molecule has 2 aromatic carbocycles. The number of nitrogens with one attached hydrogen (secondary N) is 1. The van der Waals surface area contributed by atoms with Crippen LogP contribution >= 0.6 is 0 Å². The van der Waals surface area contributed by atoms with Gasteiger partial charge in [-0.05, 0) is 44.5 Å². The molecular weight excluding hydrogens is 250 g/mol. The molecule has 1 amide bonds. The minimum absolute atomic E-state index is 0.0677. The summed E-state index contributed by atoms with van der Waals surface area (Å²) >= 11 is 0. The van der Waals surface area contributed by atoms with E-state index in [1.165, 1.54) is 6.92 Å². The van der Waals surface area contributed by atoms with Gasteiger partial charge in [-0.15, -0.1) is 0 Å². The molecule has 0 aliphatic carbocycles. The first-order valence-corrected chi connectivity index (χ1v) is 6.47. The van der Waals surface area contributed by atoms with Crippen molar-refractivity contribution in [1.29, 1.82) is 0 Å². The van der Waals surface area contributed by atoms with E-state index in [9.17, 15) is 9.59 Å². The zero-order valence-electron chi connectivity index (χ0n) is 11.9. The maximum atomic E-state index is 12.3. The van der Waals surface area contributed by atoms with Gasteiger partial charge < -0.3 is 5.32 Å². The summed E-state index contributed by atoms with van der Waals surface area (Å²) in [6.45, 7) is 5.33. The number of amides is 1. The molecule has 0 saturated heterocycles. The maximum Gasteiger partial charge on any atom is 0.255 e. The largest absolute Gasteiger partial charge is 0.321 e. The number of aryl methyl sites for hydroxylation is 2. The average molecular weight is 267 g/mol. The summed E-state index contributed by atoms with van der Waals surface area (Å²) in [4.78, 5) is 23.9. The molecule has 0 aliphatic rings. The van der Waals surface area contributed by atoms with Crippen LogP contribution in [0.1, 0.15) is 38.8 Å². The second kappa shape index (κ2) is 5.70. The Morgan fingerprint density at radius 3 is 2.35 bits per heavy atom. The molecule has 0 bridgehead atoms. The van der Waals surface area contributed by atoms with E-state index in [0.717, 1.165) is 11.1 Å². The van der Waals surface area contributed by atoms with Crippen molar-refractivity contribution >= 4 is 17.4 Å². The van der Waals surface area contributed by atoms with Gasteiger partial charge >= 0.3 is 0 Å². The SMILES string of the molecule is CC(=O)c1ccccc1NC(=O)c1cc(C)ccc1C. The van der Waals surface area contributed by atoms with Crippen LogP contribution in [0.3, 0.4) is 0 Å². The lowest BCUT2D eigenvalue weighted by molar-refractivity contribution is 0.101. The van der Waals surface area contributed by atoms with Crippen molar-refractivity contribution in [3.8, 4) is 0 Å². The molecule has 0 unspecified atom stereocenters. The van der Waals surface area contributed by atoms with Crippen LogP contribution in [0.5, 0.6) is 0 Å². The highest BCUT2D eigenvalue weighted by molar-refractivity contribution is 6.09. The lowest BCUT2D eigenvalue weighted by Crippen LogP contribution is -2.15. The van der Waals surface area contributed by atoms with Crippen molar-refractivity contribution in [2.75, 3.05) is 5.32 Å². The summed E-state index contributed by atoms with van der Waals surface area (Å²) in [5.74, 6) is -0.262. The van der Waals surface area contributed by atoms with Gasteiger partial charge in [-0.25, -0.2) is 0 Å². The second-order valence-electron chi connectivity index (χ2n) is 4.87. The van der Waals surface area contributed by atoms with E-state index >= 15 is 0 Å². The fourth-order valence-electron chi connectivity index (χ4n) is 2.07. The first-order chi connectivity index (χ1) is 9.49. The molecule has 0 aromatic heterocycles. The molecule has 1 N–H and O–H groups in total. The van der Waals surface area contributed by atoms with Gasteiger partial charge in [-0.2, -0.15) is 0 Å². The molecule has 3 heteroatoms. The summed E-state index contributed by atoms with van der Waals surface area (Å²) in [7, 11) is 0. The first-order valence-electron chi connectivity index (χ1n) is 6.47. The Balaban J connectivity index is 2.33. The normalized spacial score (nSPS) is 10.2. The Morgan fingerprint density at radius 2 is 1.65 bits per heavy atom. The number of carbonyl (C=O) groups is 2. The smallest absolute Gasteiger partial charge is 0.255 e. The van der Waals surface area contributed by atoms with E-state index in [1.807, 2.05) is 32.0 Å². The number of benzene rings is 2. The highest BCUT2D eigenvalue weighted by Crippen LogP contribution is 2.18. The topological polar surface area (TPSA) is 46.2 Å². The van der Waals surface area contributed by atoms with Crippen LogP contribution in [0.15, 0.2) is 42.5 Å². The van der Waals surface area contributed by atoms with Crippen molar-refractivity contribution in [1.82, 2.24) is 0 Å². The van der Waals surface area contributed by atoms with E-state index in [1.54, 1.807) is 24.3 Å². The van der Waals surface area contributed by atoms with Gasteiger partial charge in [-0.3, -0.25) is 9.59 Å². The number of Topliss-reactive ketones (excluding diaryl/α,β-unsaturated/α-hetero) is 1. The van der Waals surface area contributed by atoms with Gasteiger partial charge in [0.25, 0.3) is 5.91 Å². The molecule has 0 aliphatic heterocycles. The molecular formula is C17H17NO2. The van der Waals surface area contributed by atoms with Crippen molar-refractivity contribution in [3.63, 3.8) is 0 Å². The van der Waals surface area contributed by atoms with Crippen LogP contribution < -0.4 is 5.32 Å². The standard InChI is InChI=1S/C17H17NO2/c1-11-8-9-12(2)15(10-11)17(20)18-16-7-5-4-6-14(16)13(3)19/h4-10H,1-3H3,(H,18,20). The van der Waals surface area contributed by atoms with Crippen molar-refractivity contribution in [3.05, 3.63) is 64.7 Å². The molecule has 102 valence electrons. The number of carbonyl (C=O) groups excluding carboxylic acids is 2. The van der Waals surface area contributed by atoms with E-state index in [-0.39, 0.29) is 11.7 Å². The Bertz CT molecular complexity index is 674. The molecule has 0 saturated carbocycles. The summed E-state index contributed by atoms with van der Waals surface area (Å²) in [5.41, 5.74) is 3.63. The third-order valence-electron chi connectivity index (χ3n) is 3.19. The number of para-hydroxylation sites is 1. The minimum atomic E-state index is -0.195. The average Bonchev–Trinajstić information content (AvgIpc) is 2.41. The summed E-state index contributed by atoms with van der Waals surface area (Å²) in [6.07, 6.45) is 0. The van der Waals surface area contributed by atoms with Gasteiger partial charge in [0.05, 0.1) is 5.69 Å². The first kappa shape index (κ1) is 14.0. The summed E-state index contributed by atoms with van der Waals surface area (Å²) in [6, 6.07) is 12.8. The van der Waals surface area contributed by atoms with Crippen LogP contribution in [0.4, 0.5) is 5.69 Å². The predicted molar refractivity (Wildman–Crippen MR) is 80.3 cm³/mol. The third-order valence-corrected chi connectivity index (χ3v) is 3.19. The summed E-state index contributed by atoms with van der Waals surface area (Å²) < 4.78 is 0. The fourth-order valence-corrected chi connectivity index (χ4v) is 2.07. The molecule has 0 heterocycles. The van der Waals surface area contributed by atoms with E-state index < -0.39 is 0 Å². The molecule has 2 aromatic rings. The van der Waals surface area contributed by atoms with Gasteiger partial charge in [0.15, 0.2) is 5.78 Å². The van der Waals surface area contributed by atoms with Crippen LogP contribution in [0.2, 0.25) is 0 Å². The highest BCUT2D eigenvalue weighted by atomic mass is 16.1. The van der Waals surface area contributed by atoms with Crippen molar-refractivity contribution in [2.24, 2.45) is 0 Å². The number of hydrogen-bond donors (Lipinski definition) is 1. The lowest BCUT2D eigenvalue weighted by atomic mass is 10.0. The van der Waals surface area contributed by atoms with Crippen LogP contribution in [-0.4, -0.2) is 11.7 Å². The van der Waals surface area contributed by atoms with Gasteiger partial charge in [-0.1, -0.05) is 29.8 Å². The van der Waals surface area contributed by atoms with Gasteiger partial charge in [0, 0.05) is 11.1 Å². The molecule has 20 heavy (non-hydrogen) atoms. The molecule has 0 spiro atoms. The molecule has 2 rings (SSSR count). The third kappa shape index (κ3) is 2.94. The van der Waals surface area contributed by atoms with E-state index in [2.05, 4.69) is 5.32 Å². The Labute approximate surface area is 118 Å². The van der Waals surface area contributed by atoms with E-state index in [0.29, 0.717) is 16.8 Å². The molecule has 0 radical (unpaired) electrons. The minimum Gasteiger partial charge on any atom is -0.321 e. The number of ketones is 1. The molecule has 3 nitrogen and oxygen atoms in total. The number of rotatable bonds is 3. The Hall–Kier alpha value is -2.42. The number of hydrogen-bond acceptors (Lipinski definition) is 2. The van der Waals surface area contributed by atoms with Crippen molar-refractivity contribution < 1.29 is 9.59 Å². The van der Waals surface area contributed by atoms with Crippen LogP contribution in [0.25, 0.3) is 0 Å². The zero-order chi connectivity index (χ0) is 14.7. The molecule has 0 atom stereocenters. The van der Waals surface area contributed by atoms with Gasteiger partial charge in [0.2, 0.25) is 0 Å². The fraction of sp³-hybridized carbons (Fsp3) is 0.176.